The summed E-state index contributed by atoms with van der Waals surface area (Å²) in [5.41, 5.74) is 2.24. The second-order valence-corrected chi connectivity index (χ2v) is 7.27. The van der Waals surface area contributed by atoms with Crippen molar-refractivity contribution in [3.63, 3.8) is 0 Å². The number of rotatable bonds is 12. The van der Waals surface area contributed by atoms with Crippen molar-refractivity contribution in [1.82, 2.24) is 20.1 Å². The zero-order chi connectivity index (χ0) is 19.5. The van der Waals surface area contributed by atoms with Gasteiger partial charge in [-0.15, -0.1) is 10.2 Å². The molecule has 0 spiro atoms. The molecule has 2 rings (SSSR count). The third kappa shape index (κ3) is 6.66. The van der Waals surface area contributed by atoms with Gasteiger partial charge < -0.3 is 14.6 Å². The van der Waals surface area contributed by atoms with Crippen LogP contribution in [0.15, 0.2) is 29.4 Å². The molecule has 1 heterocycles. The summed E-state index contributed by atoms with van der Waals surface area (Å²) in [5.74, 6) is 1.20. The largest absolute Gasteiger partial charge is 0.381 e. The third-order valence-electron chi connectivity index (χ3n) is 4.18. The minimum Gasteiger partial charge on any atom is -0.381 e. The van der Waals surface area contributed by atoms with Gasteiger partial charge in [-0.25, -0.2) is 0 Å². The van der Waals surface area contributed by atoms with Gasteiger partial charge in [-0.3, -0.25) is 4.79 Å². The summed E-state index contributed by atoms with van der Waals surface area (Å²) in [6.07, 6.45) is 3.07. The second-order valence-electron chi connectivity index (χ2n) is 6.32. The number of hydrogen-bond donors (Lipinski definition) is 1. The van der Waals surface area contributed by atoms with Crippen LogP contribution in [0.5, 0.6) is 0 Å². The van der Waals surface area contributed by atoms with Crippen molar-refractivity contribution in [3.05, 3.63) is 29.8 Å². The summed E-state index contributed by atoms with van der Waals surface area (Å²) in [6.45, 7) is 9.17. The Morgan fingerprint density at radius 3 is 2.70 bits per heavy atom. The molecular formula is C20H30N4O2S. The van der Waals surface area contributed by atoms with Crippen molar-refractivity contribution in [2.75, 3.05) is 25.5 Å². The average molecular weight is 391 g/mol. The molecule has 148 valence electrons. The average Bonchev–Trinajstić information content (AvgIpc) is 3.08. The molecule has 27 heavy (non-hydrogen) atoms. The molecule has 0 aliphatic rings. The highest BCUT2D eigenvalue weighted by Crippen LogP contribution is 2.26. The van der Waals surface area contributed by atoms with Crippen LogP contribution < -0.4 is 5.32 Å². The number of aromatic nitrogens is 3. The smallest absolute Gasteiger partial charge is 0.230 e. The number of benzene rings is 1. The molecule has 0 bridgehead atoms. The van der Waals surface area contributed by atoms with E-state index in [0.29, 0.717) is 18.9 Å². The quantitative estimate of drug-likeness (QED) is 0.442. The van der Waals surface area contributed by atoms with Crippen LogP contribution >= 0.6 is 11.8 Å². The van der Waals surface area contributed by atoms with Crippen molar-refractivity contribution in [3.8, 4) is 11.4 Å². The molecule has 1 N–H and O–H groups in total. The molecule has 0 fully saturated rings. The van der Waals surface area contributed by atoms with Gasteiger partial charge in [-0.1, -0.05) is 49.4 Å². The monoisotopic (exact) mass is 390 g/mol. The van der Waals surface area contributed by atoms with Crippen LogP contribution in [0.3, 0.4) is 0 Å². The lowest BCUT2D eigenvalue weighted by atomic mass is 10.1. The van der Waals surface area contributed by atoms with E-state index in [-0.39, 0.29) is 5.91 Å². The fourth-order valence-electron chi connectivity index (χ4n) is 2.64. The number of ether oxygens (including phenoxy) is 1. The Balaban J connectivity index is 1.81. The molecule has 7 heteroatoms. The lowest BCUT2D eigenvalue weighted by Crippen LogP contribution is -2.27. The first kappa shape index (κ1) is 21.4. The topological polar surface area (TPSA) is 69.0 Å². The van der Waals surface area contributed by atoms with Gasteiger partial charge >= 0.3 is 0 Å². The first-order valence-electron chi connectivity index (χ1n) is 9.63. The highest BCUT2D eigenvalue weighted by Gasteiger charge is 2.15. The highest BCUT2D eigenvalue weighted by molar-refractivity contribution is 7.99. The molecule has 0 unspecified atom stereocenters. The summed E-state index contributed by atoms with van der Waals surface area (Å²) < 4.78 is 7.55. The molecule has 0 atom stereocenters. The number of nitrogens with zero attached hydrogens (tertiary/aromatic N) is 3. The zero-order valence-electron chi connectivity index (χ0n) is 16.5. The van der Waals surface area contributed by atoms with Gasteiger partial charge in [-0.2, -0.15) is 0 Å². The van der Waals surface area contributed by atoms with E-state index in [1.165, 1.54) is 11.8 Å². The van der Waals surface area contributed by atoms with Crippen LogP contribution in [0, 0.1) is 6.92 Å². The number of hydrogen-bond acceptors (Lipinski definition) is 5. The van der Waals surface area contributed by atoms with E-state index in [1.807, 2.05) is 12.1 Å². The predicted molar refractivity (Wildman–Crippen MR) is 110 cm³/mol. The Labute approximate surface area is 166 Å². The molecule has 0 saturated carbocycles. The minimum absolute atomic E-state index is 0.0108. The van der Waals surface area contributed by atoms with Gasteiger partial charge in [-0.05, 0) is 32.3 Å². The maximum Gasteiger partial charge on any atom is 0.230 e. The number of nitrogens with one attached hydrogen (secondary N) is 1. The summed E-state index contributed by atoms with van der Waals surface area (Å²) in [4.78, 5) is 12.1. The van der Waals surface area contributed by atoms with Crippen molar-refractivity contribution in [1.29, 1.82) is 0 Å². The van der Waals surface area contributed by atoms with Crippen LogP contribution in [-0.2, 0) is 16.1 Å². The summed E-state index contributed by atoms with van der Waals surface area (Å²) >= 11 is 1.42. The fourth-order valence-corrected chi connectivity index (χ4v) is 3.47. The standard InChI is InChI=1S/C20H30N4O2S/c1-4-6-13-26-14-9-12-21-18(25)15-27-20-23-22-19(24(20)5-2)17-11-8-7-10-16(17)3/h7-8,10-11H,4-6,9,12-15H2,1-3H3,(H,21,25). The number of aryl methyl sites for hydroxylation is 1. The van der Waals surface area contributed by atoms with Gasteiger partial charge in [0.15, 0.2) is 11.0 Å². The number of carbonyl (C=O) groups is 1. The zero-order valence-corrected chi connectivity index (χ0v) is 17.3. The molecule has 0 saturated heterocycles. The van der Waals surface area contributed by atoms with E-state index in [2.05, 4.69) is 53.0 Å². The van der Waals surface area contributed by atoms with Crippen molar-refractivity contribution >= 4 is 17.7 Å². The van der Waals surface area contributed by atoms with E-state index in [9.17, 15) is 4.79 Å². The SMILES string of the molecule is CCCCOCCCNC(=O)CSc1nnc(-c2ccccc2C)n1CC. The minimum atomic E-state index is 0.0108. The summed E-state index contributed by atoms with van der Waals surface area (Å²) in [7, 11) is 0. The van der Waals surface area contributed by atoms with Crippen LogP contribution in [-0.4, -0.2) is 46.2 Å². The van der Waals surface area contributed by atoms with Crippen molar-refractivity contribution in [2.45, 2.75) is 51.7 Å². The highest BCUT2D eigenvalue weighted by atomic mass is 32.2. The molecule has 0 aliphatic carbocycles. The van der Waals surface area contributed by atoms with Gasteiger partial charge in [0, 0.05) is 31.9 Å². The van der Waals surface area contributed by atoms with Gasteiger partial charge in [0.25, 0.3) is 0 Å². The lowest BCUT2D eigenvalue weighted by Gasteiger charge is -2.09. The van der Waals surface area contributed by atoms with E-state index in [1.54, 1.807) is 0 Å². The van der Waals surface area contributed by atoms with E-state index in [0.717, 1.165) is 54.5 Å². The number of thioether (sulfide) groups is 1. The maximum atomic E-state index is 12.1. The van der Waals surface area contributed by atoms with Crippen molar-refractivity contribution in [2.24, 2.45) is 0 Å². The first-order valence-corrected chi connectivity index (χ1v) is 10.6. The Hall–Kier alpha value is -1.86. The van der Waals surface area contributed by atoms with Crippen molar-refractivity contribution < 1.29 is 9.53 Å². The van der Waals surface area contributed by atoms with Crippen LogP contribution in [0.4, 0.5) is 0 Å². The molecule has 0 radical (unpaired) electrons. The van der Waals surface area contributed by atoms with Gasteiger partial charge in [0.2, 0.25) is 5.91 Å². The summed E-state index contributed by atoms with van der Waals surface area (Å²) in [6, 6.07) is 8.13. The Bertz CT molecular complexity index is 718. The maximum absolute atomic E-state index is 12.1. The number of amides is 1. The van der Waals surface area contributed by atoms with E-state index < -0.39 is 0 Å². The Morgan fingerprint density at radius 1 is 1.19 bits per heavy atom. The van der Waals surface area contributed by atoms with Crippen LogP contribution in [0.2, 0.25) is 0 Å². The second kappa shape index (κ2) is 11.8. The third-order valence-corrected chi connectivity index (χ3v) is 5.15. The number of carbonyl (C=O) groups excluding carboxylic acids is 1. The molecule has 0 aliphatic heterocycles. The Kier molecular flexibility index (Phi) is 9.35. The van der Waals surface area contributed by atoms with E-state index >= 15 is 0 Å². The first-order chi connectivity index (χ1) is 13.2. The van der Waals surface area contributed by atoms with E-state index in [4.69, 9.17) is 4.74 Å². The molecule has 1 amide bonds. The molecule has 6 nitrogen and oxygen atoms in total. The molecule has 1 aromatic carbocycles. The number of unbranched alkanes of at least 4 members (excludes halogenated alkanes) is 1. The van der Waals surface area contributed by atoms with Gasteiger partial charge in [0.05, 0.1) is 5.75 Å². The molecule has 2 aromatic rings. The lowest BCUT2D eigenvalue weighted by molar-refractivity contribution is -0.118. The Morgan fingerprint density at radius 2 is 1.96 bits per heavy atom. The fraction of sp³-hybridized carbons (Fsp3) is 0.550. The van der Waals surface area contributed by atoms with Gasteiger partial charge in [0.1, 0.15) is 0 Å². The van der Waals surface area contributed by atoms with Crippen LogP contribution in [0.1, 0.15) is 38.7 Å². The molecule has 1 aromatic heterocycles. The molecular weight excluding hydrogens is 360 g/mol. The predicted octanol–water partition coefficient (Wildman–Crippen LogP) is 3.69. The normalized spacial score (nSPS) is 10.9. The summed E-state index contributed by atoms with van der Waals surface area (Å²) in [5, 5.41) is 12.3. The van der Waals surface area contributed by atoms with Crippen LogP contribution in [0.25, 0.3) is 11.4 Å².